The van der Waals surface area contributed by atoms with Crippen molar-refractivity contribution in [3.05, 3.63) is 72.8 Å². The van der Waals surface area contributed by atoms with Gasteiger partial charge in [0.2, 0.25) is 17.6 Å². The number of rotatable bonds is 4. The van der Waals surface area contributed by atoms with Gasteiger partial charge in [0.15, 0.2) is 0 Å². The Morgan fingerprint density at radius 3 is 2.67 bits per heavy atom. The standard InChI is InChI=1S/C21H18N4O2/c26-19(14-24-11-10-15-6-4-5-9-18(15)24)25-12-17(13-25)21-22-20(23-27-21)16-7-2-1-3-8-16/h1-11,17H,12-14H2. The molecule has 0 aliphatic carbocycles. The first-order valence-corrected chi connectivity index (χ1v) is 8.98. The Morgan fingerprint density at radius 2 is 1.81 bits per heavy atom. The minimum atomic E-state index is 0.107. The van der Waals surface area contributed by atoms with Gasteiger partial charge < -0.3 is 14.0 Å². The molecule has 1 fully saturated rings. The van der Waals surface area contributed by atoms with Crippen molar-refractivity contribution in [2.24, 2.45) is 0 Å². The summed E-state index contributed by atoms with van der Waals surface area (Å²) >= 11 is 0. The number of hydrogen-bond acceptors (Lipinski definition) is 4. The molecule has 3 heterocycles. The Labute approximate surface area is 156 Å². The molecular weight excluding hydrogens is 340 g/mol. The maximum Gasteiger partial charge on any atom is 0.242 e. The number of carbonyl (C=O) groups excluding carboxylic acids is 1. The third-order valence-corrected chi connectivity index (χ3v) is 5.04. The topological polar surface area (TPSA) is 64.2 Å². The Bertz CT molecular complexity index is 1090. The molecule has 1 saturated heterocycles. The second-order valence-corrected chi connectivity index (χ2v) is 6.82. The van der Waals surface area contributed by atoms with Crippen molar-refractivity contribution >= 4 is 16.8 Å². The predicted molar refractivity (Wildman–Crippen MR) is 101 cm³/mol. The summed E-state index contributed by atoms with van der Waals surface area (Å²) in [5.41, 5.74) is 2.01. The SMILES string of the molecule is O=C(Cn1ccc2ccccc21)N1CC(c2nc(-c3ccccc3)no2)C1. The summed E-state index contributed by atoms with van der Waals surface area (Å²) in [4.78, 5) is 18.9. The maximum absolute atomic E-state index is 12.6. The molecule has 0 N–H and O–H groups in total. The highest BCUT2D eigenvalue weighted by atomic mass is 16.5. The monoisotopic (exact) mass is 358 g/mol. The average Bonchev–Trinajstić information content (AvgIpc) is 3.29. The highest BCUT2D eigenvalue weighted by Gasteiger charge is 2.35. The molecule has 4 aromatic rings. The molecule has 1 aliphatic rings. The normalized spacial score (nSPS) is 14.4. The first-order chi connectivity index (χ1) is 13.3. The van der Waals surface area contributed by atoms with Crippen LogP contribution in [0.25, 0.3) is 22.3 Å². The minimum Gasteiger partial charge on any atom is -0.339 e. The lowest BCUT2D eigenvalue weighted by molar-refractivity contribution is -0.136. The number of amides is 1. The molecule has 1 amide bonds. The maximum atomic E-state index is 12.6. The van der Waals surface area contributed by atoms with Gasteiger partial charge >= 0.3 is 0 Å². The minimum absolute atomic E-state index is 0.107. The van der Waals surface area contributed by atoms with Crippen molar-refractivity contribution in [2.75, 3.05) is 13.1 Å². The van der Waals surface area contributed by atoms with Gasteiger partial charge in [-0.25, -0.2) is 0 Å². The van der Waals surface area contributed by atoms with Crippen LogP contribution >= 0.6 is 0 Å². The van der Waals surface area contributed by atoms with Crippen molar-refractivity contribution in [1.82, 2.24) is 19.6 Å². The Kier molecular flexibility index (Phi) is 3.74. The third kappa shape index (κ3) is 2.89. The summed E-state index contributed by atoms with van der Waals surface area (Å²) in [5, 5.41) is 5.21. The lowest BCUT2D eigenvalue weighted by Gasteiger charge is -2.37. The number of aromatic nitrogens is 3. The van der Waals surface area contributed by atoms with Gasteiger partial charge in [0.05, 0.1) is 5.92 Å². The van der Waals surface area contributed by atoms with E-state index < -0.39 is 0 Å². The molecule has 27 heavy (non-hydrogen) atoms. The molecule has 2 aromatic carbocycles. The fraction of sp³-hybridized carbons (Fsp3) is 0.190. The number of nitrogens with zero attached hydrogens (tertiary/aromatic N) is 4. The zero-order valence-corrected chi connectivity index (χ0v) is 14.7. The summed E-state index contributed by atoms with van der Waals surface area (Å²) in [6.07, 6.45) is 1.96. The molecule has 0 bridgehead atoms. The summed E-state index contributed by atoms with van der Waals surface area (Å²) in [7, 11) is 0. The smallest absolute Gasteiger partial charge is 0.242 e. The van der Waals surface area contributed by atoms with Crippen LogP contribution in [0.1, 0.15) is 11.8 Å². The van der Waals surface area contributed by atoms with E-state index in [0.29, 0.717) is 31.3 Å². The van der Waals surface area contributed by atoms with Crippen LogP contribution in [0.2, 0.25) is 0 Å². The first-order valence-electron chi connectivity index (χ1n) is 8.98. The molecule has 6 nitrogen and oxygen atoms in total. The van der Waals surface area contributed by atoms with Gasteiger partial charge in [0.25, 0.3) is 0 Å². The van der Waals surface area contributed by atoms with E-state index in [1.807, 2.05) is 70.3 Å². The molecule has 0 unspecified atom stereocenters. The lowest BCUT2D eigenvalue weighted by Crippen LogP contribution is -2.49. The Balaban J connectivity index is 1.23. The van der Waals surface area contributed by atoms with Gasteiger partial charge in [0.1, 0.15) is 6.54 Å². The number of benzene rings is 2. The van der Waals surface area contributed by atoms with E-state index in [4.69, 9.17) is 4.52 Å². The predicted octanol–water partition coefficient (Wildman–Crippen LogP) is 3.32. The zero-order chi connectivity index (χ0) is 18.2. The van der Waals surface area contributed by atoms with E-state index in [2.05, 4.69) is 16.2 Å². The second kappa shape index (κ2) is 6.39. The molecule has 0 spiro atoms. The summed E-state index contributed by atoms with van der Waals surface area (Å²) < 4.78 is 7.40. The molecule has 134 valence electrons. The van der Waals surface area contributed by atoms with Crippen LogP contribution in [-0.4, -0.2) is 38.6 Å². The van der Waals surface area contributed by atoms with Crippen molar-refractivity contribution in [2.45, 2.75) is 12.5 Å². The van der Waals surface area contributed by atoms with Gasteiger partial charge in [-0.2, -0.15) is 4.98 Å². The highest BCUT2D eigenvalue weighted by molar-refractivity contribution is 5.83. The van der Waals surface area contributed by atoms with Crippen LogP contribution < -0.4 is 0 Å². The molecule has 5 rings (SSSR count). The summed E-state index contributed by atoms with van der Waals surface area (Å²) in [6, 6.07) is 19.9. The zero-order valence-electron chi connectivity index (χ0n) is 14.7. The molecular formula is C21H18N4O2. The van der Waals surface area contributed by atoms with E-state index in [-0.39, 0.29) is 11.8 Å². The largest absolute Gasteiger partial charge is 0.339 e. The van der Waals surface area contributed by atoms with Crippen LogP contribution in [0.15, 0.2) is 71.4 Å². The van der Waals surface area contributed by atoms with Crippen LogP contribution in [0.4, 0.5) is 0 Å². The van der Waals surface area contributed by atoms with Gasteiger partial charge in [-0.05, 0) is 17.5 Å². The van der Waals surface area contributed by atoms with Crippen molar-refractivity contribution in [3.8, 4) is 11.4 Å². The summed E-state index contributed by atoms with van der Waals surface area (Å²) in [6.45, 7) is 1.59. The molecule has 0 saturated carbocycles. The average molecular weight is 358 g/mol. The van der Waals surface area contributed by atoms with Crippen LogP contribution in [0.5, 0.6) is 0 Å². The molecule has 1 aliphatic heterocycles. The Morgan fingerprint density at radius 1 is 1.04 bits per heavy atom. The molecule has 2 aromatic heterocycles. The first kappa shape index (κ1) is 15.8. The lowest BCUT2D eigenvalue weighted by atomic mass is 10.00. The number of likely N-dealkylation sites (tertiary alicyclic amines) is 1. The number of carbonyl (C=O) groups is 1. The third-order valence-electron chi connectivity index (χ3n) is 5.04. The van der Waals surface area contributed by atoms with Gasteiger partial charge in [-0.15, -0.1) is 0 Å². The fourth-order valence-corrected chi connectivity index (χ4v) is 3.47. The van der Waals surface area contributed by atoms with E-state index in [1.54, 1.807) is 0 Å². The molecule has 0 atom stereocenters. The summed E-state index contributed by atoms with van der Waals surface area (Å²) in [5.74, 6) is 1.41. The van der Waals surface area contributed by atoms with Gasteiger partial charge in [-0.3, -0.25) is 4.79 Å². The van der Waals surface area contributed by atoms with E-state index in [1.165, 1.54) is 0 Å². The van der Waals surface area contributed by atoms with Crippen LogP contribution in [0, 0.1) is 0 Å². The van der Waals surface area contributed by atoms with E-state index >= 15 is 0 Å². The number of hydrogen-bond donors (Lipinski definition) is 0. The van der Waals surface area contributed by atoms with Crippen molar-refractivity contribution in [1.29, 1.82) is 0 Å². The van der Waals surface area contributed by atoms with Gasteiger partial charge in [-0.1, -0.05) is 53.7 Å². The highest BCUT2D eigenvalue weighted by Crippen LogP contribution is 2.28. The number of para-hydroxylation sites is 1. The molecule has 6 heteroatoms. The van der Waals surface area contributed by atoms with Crippen molar-refractivity contribution in [3.63, 3.8) is 0 Å². The fourth-order valence-electron chi connectivity index (χ4n) is 3.47. The van der Waals surface area contributed by atoms with Crippen LogP contribution in [0.3, 0.4) is 0 Å². The quantitative estimate of drug-likeness (QED) is 0.561. The van der Waals surface area contributed by atoms with E-state index in [9.17, 15) is 4.79 Å². The number of fused-ring (bicyclic) bond motifs is 1. The van der Waals surface area contributed by atoms with Gasteiger partial charge in [0, 0.05) is 30.4 Å². The van der Waals surface area contributed by atoms with E-state index in [0.717, 1.165) is 16.5 Å². The Hall–Kier alpha value is -3.41. The van der Waals surface area contributed by atoms with Crippen molar-refractivity contribution < 1.29 is 9.32 Å². The molecule has 0 radical (unpaired) electrons. The van der Waals surface area contributed by atoms with Crippen LogP contribution in [-0.2, 0) is 11.3 Å². The second-order valence-electron chi connectivity index (χ2n) is 6.82.